The van der Waals surface area contributed by atoms with E-state index in [1.165, 1.54) is 23.3 Å². The van der Waals surface area contributed by atoms with Crippen LogP contribution in [0.5, 0.6) is 0 Å². The van der Waals surface area contributed by atoms with E-state index in [-0.39, 0.29) is 0 Å². The van der Waals surface area contributed by atoms with Gasteiger partial charge in [0.25, 0.3) is 0 Å². The van der Waals surface area contributed by atoms with Gasteiger partial charge in [-0.05, 0) is 17.8 Å². The molecule has 16 heavy (non-hydrogen) atoms. The predicted octanol–water partition coefficient (Wildman–Crippen LogP) is 3.23. The van der Waals surface area contributed by atoms with Crippen molar-refractivity contribution in [1.82, 2.24) is 4.37 Å². The minimum Gasteiger partial charge on any atom is -0.478 e. The third-order valence-corrected chi connectivity index (χ3v) is 4.05. The number of carboxylic acid groups (broad SMARTS) is 1. The van der Waals surface area contributed by atoms with Gasteiger partial charge in [0, 0.05) is 5.56 Å². The summed E-state index contributed by atoms with van der Waals surface area (Å²) in [6.45, 7) is 0. The molecule has 0 bridgehead atoms. The van der Waals surface area contributed by atoms with E-state index in [1.54, 1.807) is 0 Å². The standard InChI is InChI=1S/C11H9NO2S2/c1-15-11-8(10(13)14)9(12-16-11)7-5-3-2-4-6-7/h2-6H,1H3,(H,13,14). The third-order valence-electron chi connectivity index (χ3n) is 2.11. The fourth-order valence-electron chi connectivity index (χ4n) is 1.40. The van der Waals surface area contributed by atoms with Crippen molar-refractivity contribution in [1.29, 1.82) is 0 Å². The number of thioether (sulfide) groups is 1. The van der Waals surface area contributed by atoms with Crippen LogP contribution in [0.3, 0.4) is 0 Å². The maximum absolute atomic E-state index is 11.2. The van der Waals surface area contributed by atoms with Gasteiger partial charge in [0.1, 0.15) is 5.56 Å². The molecule has 2 aromatic rings. The van der Waals surface area contributed by atoms with Crippen LogP contribution in [0.2, 0.25) is 0 Å². The zero-order valence-electron chi connectivity index (χ0n) is 8.51. The summed E-state index contributed by atoms with van der Waals surface area (Å²) in [6, 6.07) is 9.38. The summed E-state index contributed by atoms with van der Waals surface area (Å²) < 4.78 is 4.96. The average Bonchev–Trinajstić information content (AvgIpc) is 2.73. The van der Waals surface area contributed by atoms with Crippen molar-refractivity contribution in [3.05, 3.63) is 35.9 Å². The normalized spacial score (nSPS) is 10.3. The average molecular weight is 251 g/mol. The highest BCUT2D eigenvalue weighted by Crippen LogP contribution is 2.33. The van der Waals surface area contributed by atoms with Crippen LogP contribution in [0, 0.1) is 0 Å². The van der Waals surface area contributed by atoms with Crippen LogP contribution in [0.4, 0.5) is 0 Å². The van der Waals surface area contributed by atoms with E-state index in [4.69, 9.17) is 0 Å². The monoisotopic (exact) mass is 251 g/mol. The molecule has 1 aromatic carbocycles. The number of benzene rings is 1. The fourth-order valence-corrected chi connectivity index (χ4v) is 2.84. The van der Waals surface area contributed by atoms with E-state index in [0.29, 0.717) is 11.3 Å². The highest BCUT2D eigenvalue weighted by molar-refractivity contribution is 8.00. The van der Waals surface area contributed by atoms with Crippen LogP contribution < -0.4 is 0 Å². The van der Waals surface area contributed by atoms with Crippen LogP contribution in [-0.4, -0.2) is 21.7 Å². The quantitative estimate of drug-likeness (QED) is 0.851. The minimum atomic E-state index is -0.919. The highest BCUT2D eigenvalue weighted by Gasteiger charge is 2.20. The number of aromatic carboxylic acids is 1. The molecule has 0 spiro atoms. The van der Waals surface area contributed by atoms with Crippen LogP contribution in [0.1, 0.15) is 10.4 Å². The van der Waals surface area contributed by atoms with E-state index in [1.807, 2.05) is 36.6 Å². The summed E-state index contributed by atoms with van der Waals surface area (Å²) in [5.41, 5.74) is 1.71. The first-order chi connectivity index (χ1) is 7.74. The number of hydrogen-bond acceptors (Lipinski definition) is 4. The second kappa shape index (κ2) is 4.67. The van der Waals surface area contributed by atoms with Crippen LogP contribution in [-0.2, 0) is 0 Å². The number of hydrogen-bond donors (Lipinski definition) is 1. The van der Waals surface area contributed by atoms with Crippen molar-refractivity contribution in [3.63, 3.8) is 0 Å². The molecular weight excluding hydrogens is 242 g/mol. The Morgan fingerprint density at radius 2 is 2.06 bits per heavy atom. The van der Waals surface area contributed by atoms with Gasteiger partial charge in [0.2, 0.25) is 0 Å². The third kappa shape index (κ3) is 1.96. The Balaban J connectivity index is 2.58. The molecule has 0 saturated heterocycles. The van der Waals surface area contributed by atoms with Crippen molar-refractivity contribution >= 4 is 29.3 Å². The van der Waals surface area contributed by atoms with Crippen molar-refractivity contribution in [2.45, 2.75) is 4.21 Å². The Bertz CT molecular complexity index is 508. The molecule has 0 radical (unpaired) electrons. The van der Waals surface area contributed by atoms with E-state index < -0.39 is 5.97 Å². The van der Waals surface area contributed by atoms with E-state index >= 15 is 0 Å². The van der Waals surface area contributed by atoms with Crippen LogP contribution in [0.25, 0.3) is 11.3 Å². The number of nitrogens with zero attached hydrogens (tertiary/aromatic N) is 1. The molecule has 2 rings (SSSR count). The number of carbonyl (C=O) groups is 1. The molecule has 0 saturated carbocycles. The van der Waals surface area contributed by atoms with Gasteiger partial charge in [-0.1, -0.05) is 30.3 Å². The van der Waals surface area contributed by atoms with Crippen molar-refractivity contribution in [3.8, 4) is 11.3 Å². The molecular formula is C11H9NO2S2. The molecule has 0 aliphatic rings. The molecule has 0 aliphatic heterocycles. The molecule has 0 atom stereocenters. The zero-order valence-corrected chi connectivity index (χ0v) is 10.1. The molecule has 1 heterocycles. The van der Waals surface area contributed by atoms with Crippen LogP contribution >= 0.6 is 23.3 Å². The largest absolute Gasteiger partial charge is 0.478 e. The predicted molar refractivity (Wildman–Crippen MR) is 66.3 cm³/mol. The Labute approximate surface area is 101 Å². The number of carboxylic acids is 1. The van der Waals surface area contributed by atoms with Gasteiger partial charge < -0.3 is 5.11 Å². The summed E-state index contributed by atoms with van der Waals surface area (Å²) in [5, 5.41) is 9.18. The lowest BCUT2D eigenvalue weighted by Gasteiger charge is -1.99. The van der Waals surface area contributed by atoms with E-state index in [2.05, 4.69) is 4.37 Å². The topological polar surface area (TPSA) is 50.2 Å². The summed E-state index contributed by atoms with van der Waals surface area (Å²) in [7, 11) is 0. The maximum Gasteiger partial charge on any atom is 0.340 e. The van der Waals surface area contributed by atoms with Gasteiger partial charge in [-0.2, -0.15) is 4.37 Å². The lowest BCUT2D eigenvalue weighted by atomic mass is 10.1. The lowest BCUT2D eigenvalue weighted by Crippen LogP contribution is -1.98. The smallest absolute Gasteiger partial charge is 0.340 e. The molecule has 0 amide bonds. The van der Waals surface area contributed by atoms with E-state index in [0.717, 1.165) is 9.77 Å². The molecule has 0 aliphatic carbocycles. The lowest BCUT2D eigenvalue weighted by molar-refractivity contribution is 0.0695. The van der Waals surface area contributed by atoms with Crippen LogP contribution in [0.15, 0.2) is 34.5 Å². The van der Waals surface area contributed by atoms with Gasteiger partial charge in [-0.25, -0.2) is 4.79 Å². The summed E-state index contributed by atoms with van der Waals surface area (Å²) in [4.78, 5) is 11.2. The second-order valence-electron chi connectivity index (χ2n) is 3.07. The van der Waals surface area contributed by atoms with Crippen molar-refractivity contribution in [2.75, 3.05) is 6.26 Å². The van der Waals surface area contributed by atoms with Gasteiger partial charge >= 0.3 is 5.97 Å². The van der Waals surface area contributed by atoms with Crippen molar-refractivity contribution in [2.24, 2.45) is 0 Å². The van der Waals surface area contributed by atoms with Gasteiger partial charge in [0.05, 0.1) is 9.90 Å². The first kappa shape index (κ1) is 11.2. The highest BCUT2D eigenvalue weighted by atomic mass is 32.2. The molecule has 5 heteroatoms. The number of rotatable bonds is 3. The molecule has 0 fully saturated rings. The summed E-state index contributed by atoms with van der Waals surface area (Å²) in [5.74, 6) is -0.919. The SMILES string of the molecule is CSc1snc(-c2ccccc2)c1C(=O)O. The van der Waals surface area contributed by atoms with Gasteiger partial charge in [0.15, 0.2) is 0 Å². The molecule has 0 unspecified atom stereocenters. The van der Waals surface area contributed by atoms with Gasteiger partial charge in [-0.15, -0.1) is 11.8 Å². The van der Waals surface area contributed by atoms with E-state index in [9.17, 15) is 9.90 Å². The Morgan fingerprint density at radius 3 is 2.62 bits per heavy atom. The molecule has 1 aromatic heterocycles. The molecule has 82 valence electrons. The molecule has 3 nitrogen and oxygen atoms in total. The number of aromatic nitrogens is 1. The Morgan fingerprint density at radius 1 is 1.38 bits per heavy atom. The minimum absolute atomic E-state index is 0.309. The first-order valence-corrected chi connectivity index (χ1v) is 6.56. The zero-order chi connectivity index (χ0) is 11.5. The second-order valence-corrected chi connectivity index (χ2v) is 4.92. The van der Waals surface area contributed by atoms with Gasteiger partial charge in [-0.3, -0.25) is 0 Å². The molecule has 1 N–H and O–H groups in total. The first-order valence-electron chi connectivity index (χ1n) is 4.56. The maximum atomic E-state index is 11.2. The summed E-state index contributed by atoms with van der Waals surface area (Å²) in [6.07, 6.45) is 1.86. The Hall–Kier alpha value is -1.33. The van der Waals surface area contributed by atoms with Crippen molar-refractivity contribution < 1.29 is 9.90 Å². The summed E-state index contributed by atoms with van der Waals surface area (Å²) >= 11 is 2.65. The fraction of sp³-hybridized carbons (Fsp3) is 0.0909. The Kier molecular flexibility index (Phi) is 3.26.